The molecule has 2 aliphatic rings. The van der Waals surface area contributed by atoms with Crippen molar-refractivity contribution in [3.8, 4) is 0 Å². The summed E-state index contributed by atoms with van der Waals surface area (Å²) in [5.41, 5.74) is -0.495. The molecule has 2 saturated heterocycles. The van der Waals surface area contributed by atoms with Crippen LogP contribution < -0.4 is 0 Å². The van der Waals surface area contributed by atoms with Crippen molar-refractivity contribution in [2.75, 3.05) is 20.3 Å². The van der Waals surface area contributed by atoms with Gasteiger partial charge in [0.25, 0.3) is 0 Å². The van der Waals surface area contributed by atoms with Gasteiger partial charge in [0.15, 0.2) is 5.79 Å². The van der Waals surface area contributed by atoms with Crippen LogP contribution in [-0.2, 0) is 23.7 Å². The van der Waals surface area contributed by atoms with Crippen LogP contribution in [0.1, 0.15) is 60.8 Å². The summed E-state index contributed by atoms with van der Waals surface area (Å²) >= 11 is 0. The molecule has 0 bridgehead atoms. The number of hydrogen-bond acceptors (Lipinski definition) is 5. The molecule has 0 saturated carbocycles. The van der Waals surface area contributed by atoms with Crippen molar-refractivity contribution in [3.05, 3.63) is 0 Å². The second-order valence-corrected chi connectivity index (χ2v) is 8.62. The van der Waals surface area contributed by atoms with Gasteiger partial charge in [0, 0.05) is 20.0 Å². The molecule has 2 rings (SSSR count). The minimum Gasteiger partial charge on any atom is -0.378 e. The summed E-state index contributed by atoms with van der Waals surface area (Å²) in [7, 11) is 1.74. The van der Waals surface area contributed by atoms with Gasteiger partial charge in [-0.25, -0.2) is 0 Å². The van der Waals surface area contributed by atoms with Crippen molar-refractivity contribution in [2.24, 2.45) is 0 Å². The van der Waals surface area contributed by atoms with E-state index < -0.39 is 5.79 Å². The fourth-order valence-corrected chi connectivity index (χ4v) is 3.22. The number of methoxy groups -OCH3 is 1. The fourth-order valence-electron chi connectivity index (χ4n) is 3.22. The van der Waals surface area contributed by atoms with Crippen LogP contribution in [0.25, 0.3) is 0 Å². The fraction of sp³-hybridized carbons (Fsp3) is 1.00. The first kappa shape index (κ1) is 19.1. The molecule has 5 nitrogen and oxygen atoms in total. The molecule has 2 fully saturated rings. The number of rotatable bonds is 4. The van der Waals surface area contributed by atoms with Crippen LogP contribution in [0.3, 0.4) is 0 Å². The van der Waals surface area contributed by atoms with E-state index in [1.807, 2.05) is 20.8 Å². The third-order valence-corrected chi connectivity index (χ3v) is 4.15. The van der Waals surface area contributed by atoms with Crippen LogP contribution in [0.15, 0.2) is 0 Å². The summed E-state index contributed by atoms with van der Waals surface area (Å²) in [6, 6.07) is 0. The van der Waals surface area contributed by atoms with E-state index in [1.54, 1.807) is 7.11 Å². The molecule has 1 spiro atoms. The lowest BCUT2D eigenvalue weighted by atomic mass is 9.93. The molecule has 23 heavy (non-hydrogen) atoms. The summed E-state index contributed by atoms with van der Waals surface area (Å²) in [4.78, 5) is 0. The Morgan fingerprint density at radius 3 is 2.26 bits per heavy atom. The highest BCUT2D eigenvalue weighted by molar-refractivity contribution is 4.94. The van der Waals surface area contributed by atoms with E-state index in [1.165, 1.54) is 0 Å². The molecule has 4 atom stereocenters. The zero-order valence-electron chi connectivity index (χ0n) is 15.8. The van der Waals surface area contributed by atoms with E-state index in [0.717, 1.165) is 19.4 Å². The zero-order chi connectivity index (χ0) is 17.3. The van der Waals surface area contributed by atoms with Gasteiger partial charge in [-0.3, -0.25) is 0 Å². The highest BCUT2D eigenvalue weighted by Crippen LogP contribution is 2.41. The predicted octanol–water partition coefficient (Wildman–Crippen LogP) is 3.30. The predicted molar refractivity (Wildman–Crippen MR) is 88.5 cm³/mol. The third kappa shape index (κ3) is 5.40. The summed E-state index contributed by atoms with van der Waals surface area (Å²) in [6.45, 7) is 13.5. The van der Waals surface area contributed by atoms with Crippen LogP contribution in [0, 0.1) is 0 Å². The quantitative estimate of drug-likeness (QED) is 0.791. The summed E-state index contributed by atoms with van der Waals surface area (Å²) in [5, 5.41) is 0. The minimum absolute atomic E-state index is 0.0605. The van der Waals surface area contributed by atoms with E-state index >= 15 is 0 Å². The molecular formula is C18H34O5. The summed E-state index contributed by atoms with van der Waals surface area (Å²) < 4.78 is 30.3. The number of hydrogen-bond donors (Lipinski definition) is 0. The monoisotopic (exact) mass is 330 g/mol. The van der Waals surface area contributed by atoms with Crippen molar-refractivity contribution in [1.82, 2.24) is 0 Å². The van der Waals surface area contributed by atoms with Crippen molar-refractivity contribution in [1.29, 1.82) is 0 Å². The standard InChI is InChI=1S/C18H34O5/c1-16(2,3)21-12-14-15(23-17(4,5)6)13(19-7)11-18(22-14)9-8-10-20-18/h13-15H,8-12H2,1-7H3/t13-,14-,15+,18-/m1/s1. The molecule has 0 aromatic rings. The second-order valence-electron chi connectivity index (χ2n) is 8.62. The SMILES string of the molecule is CO[C@@H]1C[C@@]2(CCCO2)O[C@H](COC(C)(C)C)[C@H]1OC(C)(C)C. The molecule has 0 unspecified atom stereocenters. The van der Waals surface area contributed by atoms with Crippen molar-refractivity contribution in [2.45, 2.75) is 96.1 Å². The van der Waals surface area contributed by atoms with E-state index in [-0.39, 0.29) is 29.5 Å². The zero-order valence-corrected chi connectivity index (χ0v) is 15.8. The van der Waals surface area contributed by atoms with Crippen molar-refractivity contribution >= 4 is 0 Å². The average molecular weight is 330 g/mol. The van der Waals surface area contributed by atoms with E-state index in [9.17, 15) is 0 Å². The van der Waals surface area contributed by atoms with E-state index in [0.29, 0.717) is 13.0 Å². The Morgan fingerprint density at radius 1 is 1.09 bits per heavy atom. The van der Waals surface area contributed by atoms with Crippen LogP contribution >= 0.6 is 0 Å². The first-order valence-electron chi connectivity index (χ1n) is 8.70. The van der Waals surface area contributed by atoms with Crippen molar-refractivity contribution < 1.29 is 23.7 Å². The van der Waals surface area contributed by atoms with Crippen molar-refractivity contribution in [3.63, 3.8) is 0 Å². The molecule has 0 radical (unpaired) electrons. The van der Waals surface area contributed by atoms with Gasteiger partial charge in [-0.2, -0.15) is 0 Å². The van der Waals surface area contributed by atoms with Gasteiger partial charge in [0.1, 0.15) is 12.2 Å². The molecule has 0 N–H and O–H groups in total. The smallest absolute Gasteiger partial charge is 0.171 e. The Hall–Kier alpha value is -0.200. The maximum atomic E-state index is 6.37. The lowest BCUT2D eigenvalue weighted by Crippen LogP contribution is -2.59. The maximum absolute atomic E-state index is 6.37. The van der Waals surface area contributed by atoms with Crippen LogP contribution in [-0.4, -0.2) is 55.6 Å². The van der Waals surface area contributed by atoms with Gasteiger partial charge in [0.2, 0.25) is 0 Å². The van der Waals surface area contributed by atoms with Gasteiger partial charge < -0.3 is 23.7 Å². The lowest BCUT2D eigenvalue weighted by Gasteiger charge is -2.47. The Bertz CT molecular complexity index is 376. The first-order chi connectivity index (χ1) is 10.5. The molecule has 0 aromatic carbocycles. The van der Waals surface area contributed by atoms with Gasteiger partial charge in [-0.15, -0.1) is 0 Å². The van der Waals surface area contributed by atoms with E-state index in [4.69, 9.17) is 23.7 Å². The topological polar surface area (TPSA) is 46.2 Å². The molecule has 2 aliphatic heterocycles. The Labute approximate surface area is 140 Å². The first-order valence-corrected chi connectivity index (χ1v) is 8.70. The Kier molecular flexibility index (Phi) is 5.79. The molecule has 136 valence electrons. The molecular weight excluding hydrogens is 296 g/mol. The highest BCUT2D eigenvalue weighted by atomic mass is 16.7. The highest BCUT2D eigenvalue weighted by Gasteiger charge is 2.51. The van der Waals surface area contributed by atoms with Gasteiger partial charge in [0.05, 0.1) is 30.5 Å². The normalized spacial score (nSPS) is 35.9. The largest absolute Gasteiger partial charge is 0.378 e. The Morgan fingerprint density at radius 2 is 1.78 bits per heavy atom. The molecule has 5 heteroatoms. The Balaban J connectivity index is 2.17. The average Bonchev–Trinajstić information content (AvgIpc) is 2.84. The second kappa shape index (κ2) is 6.96. The maximum Gasteiger partial charge on any atom is 0.171 e. The van der Waals surface area contributed by atoms with Crippen LogP contribution in [0.5, 0.6) is 0 Å². The van der Waals surface area contributed by atoms with Crippen LogP contribution in [0.2, 0.25) is 0 Å². The van der Waals surface area contributed by atoms with Crippen LogP contribution in [0.4, 0.5) is 0 Å². The molecule has 0 aliphatic carbocycles. The number of ether oxygens (including phenoxy) is 5. The molecule has 0 aromatic heterocycles. The summed E-state index contributed by atoms with van der Waals surface area (Å²) in [5.74, 6) is -0.537. The third-order valence-electron chi connectivity index (χ3n) is 4.15. The van der Waals surface area contributed by atoms with Gasteiger partial charge in [-0.05, 0) is 48.0 Å². The molecule has 2 heterocycles. The van der Waals surface area contributed by atoms with E-state index in [2.05, 4.69) is 20.8 Å². The lowest BCUT2D eigenvalue weighted by molar-refractivity contribution is -0.328. The summed E-state index contributed by atoms with van der Waals surface area (Å²) in [6.07, 6.45) is 2.20. The van der Waals surface area contributed by atoms with Gasteiger partial charge in [-0.1, -0.05) is 0 Å². The van der Waals surface area contributed by atoms with Gasteiger partial charge >= 0.3 is 0 Å². The minimum atomic E-state index is -0.537. The molecule has 0 amide bonds.